The summed E-state index contributed by atoms with van der Waals surface area (Å²) in [5.74, 6) is 0.744. The highest BCUT2D eigenvalue weighted by molar-refractivity contribution is 5.61. The van der Waals surface area contributed by atoms with Crippen LogP contribution in [0.1, 0.15) is 59.8 Å². The summed E-state index contributed by atoms with van der Waals surface area (Å²) in [6.07, 6.45) is 7.47. The van der Waals surface area contributed by atoms with Crippen LogP contribution < -0.4 is 0 Å². The summed E-state index contributed by atoms with van der Waals surface area (Å²) in [7, 11) is 0. The fourth-order valence-electron chi connectivity index (χ4n) is 4.44. The van der Waals surface area contributed by atoms with Crippen molar-refractivity contribution < 1.29 is 4.79 Å². The highest BCUT2D eigenvalue weighted by Gasteiger charge is 2.59. The van der Waals surface area contributed by atoms with E-state index in [1.807, 2.05) is 0 Å². The van der Waals surface area contributed by atoms with Crippen LogP contribution in [0.15, 0.2) is 0 Å². The molecule has 0 aliphatic heterocycles. The fraction of sp³-hybridized carbons (Fsp3) is 0.929. The lowest BCUT2D eigenvalue weighted by Gasteiger charge is -2.51. The van der Waals surface area contributed by atoms with Crippen LogP contribution in [0.3, 0.4) is 0 Å². The Morgan fingerprint density at radius 3 is 2.33 bits per heavy atom. The van der Waals surface area contributed by atoms with Crippen LogP contribution in [0.4, 0.5) is 0 Å². The van der Waals surface area contributed by atoms with E-state index in [0.29, 0.717) is 5.41 Å². The molecule has 1 unspecified atom stereocenters. The number of aldehydes is 1. The highest BCUT2D eigenvalue weighted by Crippen LogP contribution is 2.65. The molecular weight excluding hydrogens is 184 g/mol. The zero-order chi connectivity index (χ0) is 11.3. The van der Waals surface area contributed by atoms with Gasteiger partial charge in [-0.3, -0.25) is 0 Å². The van der Waals surface area contributed by atoms with Gasteiger partial charge in [0.25, 0.3) is 0 Å². The molecule has 0 aromatic carbocycles. The van der Waals surface area contributed by atoms with Crippen molar-refractivity contribution in [2.24, 2.45) is 22.2 Å². The first-order valence-electron chi connectivity index (χ1n) is 6.32. The number of carbonyl (C=O) groups is 1. The third-order valence-corrected chi connectivity index (χ3v) is 5.75. The molecule has 2 saturated carbocycles. The van der Waals surface area contributed by atoms with Crippen molar-refractivity contribution in [2.45, 2.75) is 59.8 Å². The van der Waals surface area contributed by atoms with Crippen LogP contribution in [-0.2, 0) is 4.79 Å². The van der Waals surface area contributed by atoms with E-state index < -0.39 is 0 Å². The summed E-state index contributed by atoms with van der Waals surface area (Å²) in [5, 5.41) is 0. The van der Waals surface area contributed by atoms with Crippen LogP contribution in [0, 0.1) is 22.2 Å². The van der Waals surface area contributed by atoms with Crippen molar-refractivity contribution in [3.63, 3.8) is 0 Å². The molecule has 2 aliphatic rings. The molecule has 2 rings (SSSR count). The van der Waals surface area contributed by atoms with E-state index in [4.69, 9.17) is 0 Å². The number of carbonyl (C=O) groups excluding carboxylic acids is 1. The molecule has 0 saturated heterocycles. The number of rotatable bonds is 1. The Morgan fingerprint density at radius 2 is 1.73 bits per heavy atom. The van der Waals surface area contributed by atoms with Crippen molar-refractivity contribution in [3.8, 4) is 0 Å². The average molecular weight is 208 g/mol. The minimum atomic E-state index is -0.0602. The van der Waals surface area contributed by atoms with Gasteiger partial charge >= 0.3 is 0 Å². The predicted octanol–water partition coefficient (Wildman–Crippen LogP) is 3.82. The maximum Gasteiger partial charge on any atom is 0.126 e. The standard InChI is InChI=1S/C14H24O/c1-12(2)7-5-8-14(4)11(12)6-9-13(14,3)10-15/h10-11H,5-9H2,1-4H3/t11?,13-,14-/m0/s1. The summed E-state index contributed by atoms with van der Waals surface area (Å²) in [6.45, 7) is 9.33. The monoisotopic (exact) mass is 208 g/mol. The van der Waals surface area contributed by atoms with Gasteiger partial charge in [0.2, 0.25) is 0 Å². The zero-order valence-electron chi connectivity index (χ0n) is 10.6. The van der Waals surface area contributed by atoms with Gasteiger partial charge in [0, 0.05) is 5.41 Å². The van der Waals surface area contributed by atoms with Crippen molar-refractivity contribution >= 4 is 6.29 Å². The molecule has 0 aromatic rings. The molecule has 0 radical (unpaired) electrons. The molecule has 1 heteroatoms. The van der Waals surface area contributed by atoms with Crippen LogP contribution >= 0.6 is 0 Å². The molecule has 0 spiro atoms. The molecule has 0 N–H and O–H groups in total. The lowest BCUT2D eigenvalue weighted by Crippen LogP contribution is -2.46. The maximum atomic E-state index is 11.4. The Labute approximate surface area is 93.6 Å². The number of hydrogen-bond donors (Lipinski definition) is 0. The Kier molecular flexibility index (Phi) is 2.30. The lowest BCUT2D eigenvalue weighted by molar-refractivity contribution is -0.125. The third kappa shape index (κ3) is 1.31. The van der Waals surface area contributed by atoms with E-state index in [-0.39, 0.29) is 10.8 Å². The largest absolute Gasteiger partial charge is 0.303 e. The molecule has 15 heavy (non-hydrogen) atoms. The summed E-state index contributed by atoms with van der Waals surface area (Å²) in [5.41, 5.74) is 0.639. The molecule has 0 amide bonds. The van der Waals surface area contributed by atoms with Gasteiger partial charge in [0.1, 0.15) is 6.29 Å². The van der Waals surface area contributed by atoms with Crippen LogP contribution in [0.5, 0.6) is 0 Å². The smallest absolute Gasteiger partial charge is 0.126 e. The average Bonchev–Trinajstić information content (AvgIpc) is 2.41. The van der Waals surface area contributed by atoms with Gasteiger partial charge in [-0.25, -0.2) is 0 Å². The van der Waals surface area contributed by atoms with Gasteiger partial charge in [-0.15, -0.1) is 0 Å². The topological polar surface area (TPSA) is 17.1 Å². The van der Waals surface area contributed by atoms with Crippen LogP contribution in [0.25, 0.3) is 0 Å². The Bertz CT molecular complexity index is 281. The van der Waals surface area contributed by atoms with Gasteiger partial charge in [-0.2, -0.15) is 0 Å². The minimum absolute atomic E-state index is 0.0602. The second-order valence-corrected chi connectivity index (χ2v) is 6.89. The van der Waals surface area contributed by atoms with E-state index in [2.05, 4.69) is 27.7 Å². The van der Waals surface area contributed by atoms with Crippen LogP contribution in [0.2, 0.25) is 0 Å². The minimum Gasteiger partial charge on any atom is -0.303 e. The van der Waals surface area contributed by atoms with E-state index in [0.717, 1.165) is 12.3 Å². The normalized spacial score (nSPS) is 48.7. The molecule has 1 nitrogen and oxygen atoms in total. The lowest BCUT2D eigenvalue weighted by atomic mass is 9.52. The maximum absolute atomic E-state index is 11.4. The highest BCUT2D eigenvalue weighted by atomic mass is 16.1. The summed E-state index contributed by atoms with van der Waals surface area (Å²) in [6, 6.07) is 0. The van der Waals surface area contributed by atoms with Gasteiger partial charge in [0.05, 0.1) is 0 Å². The van der Waals surface area contributed by atoms with Gasteiger partial charge in [-0.05, 0) is 42.4 Å². The second-order valence-electron chi connectivity index (χ2n) is 6.89. The van der Waals surface area contributed by atoms with E-state index in [9.17, 15) is 4.79 Å². The van der Waals surface area contributed by atoms with E-state index in [1.165, 1.54) is 32.0 Å². The first-order chi connectivity index (χ1) is 6.86. The molecule has 3 atom stereocenters. The molecule has 86 valence electrons. The molecule has 0 heterocycles. The predicted molar refractivity (Wildman–Crippen MR) is 62.6 cm³/mol. The van der Waals surface area contributed by atoms with Gasteiger partial charge in [-0.1, -0.05) is 34.1 Å². The van der Waals surface area contributed by atoms with Crippen molar-refractivity contribution in [3.05, 3.63) is 0 Å². The molecular formula is C14H24O. The van der Waals surface area contributed by atoms with Crippen LogP contribution in [-0.4, -0.2) is 6.29 Å². The quantitative estimate of drug-likeness (QED) is 0.599. The van der Waals surface area contributed by atoms with E-state index >= 15 is 0 Å². The number of fused-ring (bicyclic) bond motifs is 1. The summed E-state index contributed by atoms with van der Waals surface area (Å²) in [4.78, 5) is 11.4. The zero-order valence-corrected chi connectivity index (χ0v) is 10.6. The SMILES string of the molecule is CC1(C)CCC[C@@]2(C)C1CC[C@@]2(C)C=O. The molecule has 2 aliphatic carbocycles. The fourth-order valence-corrected chi connectivity index (χ4v) is 4.44. The Morgan fingerprint density at radius 1 is 1.07 bits per heavy atom. The second kappa shape index (κ2) is 3.09. The first kappa shape index (κ1) is 11.2. The van der Waals surface area contributed by atoms with Gasteiger partial charge < -0.3 is 4.79 Å². The van der Waals surface area contributed by atoms with Crippen molar-refractivity contribution in [2.75, 3.05) is 0 Å². The first-order valence-corrected chi connectivity index (χ1v) is 6.32. The summed E-state index contributed by atoms with van der Waals surface area (Å²) < 4.78 is 0. The molecule has 2 fully saturated rings. The number of hydrogen-bond acceptors (Lipinski definition) is 1. The van der Waals surface area contributed by atoms with Crippen molar-refractivity contribution in [1.29, 1.82) is 0 Å². The third-order valence-electron chi connectivity index (χ3n) is 5.75. The molecule has 0 aromatic heterocycles. The van der Waals surface area contributed by atoms with Crippen molar-refractivity contribution in [1.82, 2.24) is 0 Å². The van der Waals surface area contributed by atoms with Gasteiger partial charge in [0.15, 0.2) is 0 Å². The summed E-state index contributed by atoms with van der Waals surface area (Å²) >= 11 is 0. The Balaban J connectivity index is 2.39. The van der Waals surface area contributed by atoms with E-state index in [1.54, 1.807) is 0 Å². The Hall–Kier alpha value is -0.330. The molecule has 0 bridgehead atoms.